The largest absolute Gasteiger partial charge is 1.00 e. The maximum Gasteiger partial charge on any atom is 1.00 e. The number of hydrogen-bond donors (Lipinski definition) is 0. The van der Waals surface area contributed by atoms with E-state index in [1.807, 2.05) is 18.2 Å². The van der Waals surface area contributed by atoms with Gasteiger partial charge in [0.2, 0.25) is 0 Å². The van der Waals surface area contributed by atoms with Crippen molar-refractivity contribution in [1.29, 1.82) is 5.26 Å². The van der Waals surface area contributed by atoms with Crippen LogP contribution in [0, 0.1) is 17.2 Å². The third kappa shape index (κ3) is 3.72. The fourth-order valence-electron chi connectivity index (χ4n) is 3.24. The second kappa shape index (κ2) is 7.51. The Kier molecular flexibility index (Phi) is 5.86. The SMILES string of the molecule is COc1ccc(C2(C#N)CCC(C(=O)[O-])CC2)cc1OC1CC1.[Li+]. The molecule has 0 atom stereocenters. The molecule has 0 aromatic heterocycles. The number of hydrogen-bond acceptors (Lipinski definition) is 5. The van der Waals surface area contributed by atoms with Gasteiger partial charge >= 0.3 is 18.9 Å². The fourth-order valence-corrected chi connectivity index (χ4v) is 3.24. The third-order valence-electron chi connectivity index (χ3n) is 4.92. The number of methoxy groups -OCH3 is 1. The number of carboxylic acids is 1. The van der Waals surface area contributed by atoms with Crippen LogP contribution in [0.25, 0.3) is 0 Å². The molecular formula is C18H20LiNO4. The van der Waals surface area contributed by atoms with Gasteiger partial charge in [0.05, 0.1) is 24.7 Å². The molecule has 122 valence electrons. The number of nitrogens with zero attached hydrogens (tertiary/aromatic N) is 1. The minimum atomic E-state index is -1.01. The van der Waals surface area contributed by atoms with Crippen LogP contribution in [0.3, 0.4) is 0 Å². The Bertz CT molecular complexity index is 643. The van der Waals surface area contributed by atoms with Crippen LogP contribution in [-0.2, 0) is 10.2 Å². The molecule has 0 heterocycles. The zero-order chi connectivity index (χ0) is 16.4. The second-order valence-corrected chi connectivity index (χ2v) is 6.47. The molecule has 0 N–H and O–H groups in total. The average Bonchev–Trinajstić information content (AvgIpc) is 3.38. The molecule has 2 aliphatic carbocycles. The smallest absolute Gasteiger partial charge is 0.550 e. The maximum absolute atomic E-state index is 11.0. The first-order valence-electron chi connectivity index (χ1n) is 8.05. The number of rotatable bonds is 5. The maximum atomic E-state index is 11.0. The molecule has 0 bridgehead atoms. The molecule has 6 heteroatoms. The van der Waals surface area contributed by atoms with Crippen LogP contribution < -0.4 is 33.4 Å². The van der Waals surface area contributed by atoms with Crippen molar-refractivity contribution in [2.45, 2.75) is 50.0 Å². The molecule has 1 aromatic rings. The van der Waals surface area contributed by atoms with E-state index in [4.69, 9.17) is 9.47 Å². The zero-order valence-corrected chi connectivity index (χ0v) is 14.2. The molecule has 0 aliphatic heterocycles. The van der Waals surface area contributed by atoms with Crippen LogP contribution in [0.2, 0.25) is 0 Å². The summed E-state index contributed by atoms with van der Waals surface area (Å²) in [6.45, 7) is 0. The van der Waals surface area contributed by atoms with Gasteiger partial charge in [-0.3, -0.25) is 0 Å². The molecule has 0 saturated heterocycles. The van der Waals surface area contributed by atoms with Crippen LogP contribution in [0.1, 0.15) is 44.1 Å². The Balaban J connectivity index is 0.00000208. The Morgan fingerprint density at radius 1 is 1.25 bits per heavy atom. The number of carbonyl (C=O) groups excluding carboxylic acids is 1. The topological polar surface area (TPSA) is 82.4 Å². The quantitative estimate of drug-likeness (QED) is 0.646. The van der Waals surface area contributed by atoms with Gasteiger partial charge in [-0.25, -0.2) is 0 Å². The predicted molar refractivity (Wildman–Crippen MR) is 80.9 cm³/mol. The van der Waals surface area contributed by atoms with Gasteiger partial charge in [-0.1, -0.05) is 6.07 Å². The molecule has 3 rings (SSSR count). The van der Waals surface area contributed by atoms with Gasteiger partial charge in [-0.2, -0.15) is 5.26 Å². The molecule has 5 nitrogen and oxygen atoms in total. The Hall–Kier alpha value is -1.62. The predicted octanol–water partition coefficient (Wildman–Crippen LogP) is -1.06. The van der Waals surface area contributed by atoms with E-state index in [0.29, 0.717) is 37.2 Å². The zero-order valence-electron chi connectivity index (χ0n) is 14.2. The Morgan fingerprint density at radius 2 is 1.92 bits per heavy atom. The molecule has 2 fully saturated rings. The van der Waals surface area contributed by atoms with E-state index >= 15 is 0 Å². The summed E-state index contributed by atoms with van der Waals surface area (Å²) in [4.78, 5) is 11.0. The van der Waals surface area contributed by atoms with E-state index in [2.05, 4.69) is 6.07 Å². The van der Waals surface area contributed by atoms with Crippen LogP contribution in [0.5, 0.6) is 11.5 Å². The van der Waals surface area contributed by atoms with Crippen molar-refractivity contribution in [1.82, 2.24) is 0 Å². The fraction of sp³-hybridized carbons (Fsp3) is 0.556. The van der Waals surface area contributed by atoms with Crippen LogP contribution in [0.4, 0.5) is 0 Å². The molecule has 0 unspecified atom stereocenters. The van der Waals surface area contributed by atoms with Crippen molar-refractivity contribution in [3.8, 4) is 17.6 Å². The number of ether oxygens (including phenoxy) is 2. The first kappa shape index (κ1) is 18.7. The van der Waals surface area contributed by atoms with E-state index in [0.717, 1.165) is 18.4 Å². The number of carboxylic acid groups (broad SMARTS) is 1. The molecule has 0 amide bonds. The van der Waals surface area contributed by atoms with Gasteiger partial charge in [0, 0.05) is 5.97 Å². The van der Waals surface area contributed by atoms with Crippen molar-refractivity contribution in [2.75, 3.05) is 7.11 Å². The molecular weight excluding hydrogens is 301 g/mol. The van der Waals surface area contributed by atoms with Crippen LogP contribution in [-0.4, -0.2) is 19.2 Å². The molecule has 24 heavy (non-hydrogen) atoms. The Labute approximate surface area is 154 Å². The van der Waals surface area contributed by atoms with Gasteiger partial charge in [0.25, 0.3) is 0 Å². The Morgan fingerprint density at radius 3 is 2.42 bits per heavy atom. The number of nitriles is 1. The normalized spacial score (nSPS) is 25.9. The molecule has 2 aliphatic rings. The van der Waals surface area contributed by atoms with Crippen molar-refractivity contribution in [2.24, 2.45) is 5.92 Å². The summed E-state index contributed by atoms with van der Waals surface area (Å²) in [6.07, 6.45) is 4.33. The van der Waals surface area contributed by atoms with Crippen molar-refractivity contribution < 1.29 is 38.2 Å². The molecule has 0 radical (unpaired) electrons. The van der Waals surface area contributed by atoms with Gasteiger partial charge < -0.3 is 19.4 Å². The average molecular weight is 321 g/mol. The summed E-state index contributed by atoms with van der Waals surface area (Å²) >= 11 is 0. The van der Waals surface area contributed by atoms with Crippen LogP contribution in [0.15, 0.2) is 18.2 Å². The summed E-state index contributed by atoms with van der Waals surface area (Å²) in [7, 11) is 1.60. The summed E-state index contributed by atoms with van der Waals surface area (Å²) in [5.74, 6) is -0.123. The summed E-state index contributed by atoms with van der Waals surface area (Å²) in [5.41, 5.74) is 0.230. The number of carbonyl (C=O) groups is 1. The van der Waals surface area contributed by atoms with Crippen molar-refractivity contribution >= 4 is 5.97 Å². The van der Waals surface area contributed by atoms with Crippen molar-refractivity contribution in [3.63, 3.8) is 0 Å². The summed E-state index contributed by atoms with van der Waals surface area (Å²) in [5, 5.41) is 20.8. The number of aliphatic carboxylic acids is 1. The minimum absolute atomic E-state index is 0. The molecule has 0 spiro atoms. The standard InChI is InChI=1S/C18H21NO4.Li/c1-22-15-5-2-13(10-16(15)23-14-3-4-14)18(11-19)8-6-12(7-9-18)17(20)21;/h2,5,10,12,14H,3-4,6-9H2,1H3,(H,20,21);/q;+1/p-1. The van der Waals surface area contributed by atoms with E-state index < -0.39 is 17.3 Å². The van der Waals surface area contributed by atoms with Gasteiger partial charge in [0.1, 0.15) is 0 Å². The van der Waals surface area contributed by atoms with E-state index in [1.165, 1.54) is 0 Å². The summed E-state index contributed by atoms with van der Waals surface area (Å²) in [6, 6.07) is 8.03. The molecule has 1 aromatic carbocycles. The molecule has 2 saturated carbocycles. The van der Waals surface area contributed by atoms with E-state index in [9.17, 15) is 15.2 Å². The minimum Gasteiger partial charge on any atom is -0.550 e. The number of benzene rings is 1. The van der Waals surface area contributed by atoms with Crippen LogP contribution >= 0.6 is 0 Å². The second-order valence-electron chi connectivity index (χ2n) is 6.47. The van der Waals surface area contributed by atoms with Gasteiger partial charge in [0.15, 0.2) is 11.5 Å². The van der Waals surface area contributed by atoms with Crippen molar-refractivity contribution in [3.05, 3.63) is 23.8 Å². The first-order valence-corrected chi connectivity index (χ1v) is 8.05. The first-order chi connectivity index (χ1) is 11.1. The van der Waals surface area contributed by atoms with E-state index in [1.54, 1.807) is 7.11 Å². The van der Waals surface area contributed by atoms with E-state index in [-0.39, 0.29) is 25.0 Å². The summed E-state index contributed by atoms with van der Waals surface area (Å²) < 4.78 is 11.2. The monoisotopic (exact) mass is 321 g/mol. The van der Waals surface area contributed by atoms with Gasteiger partial charge in [-0.15, -0.1) is 0 Å². The van der Waals surface area contributed by atoms with Gasteiger partial charge in [-0.05, 0) is 62.1 Å². The third-order valence-corrected chi connectivity index (χ3v) is 4.92.